The lowest BCUT2D eigenvalue weighted by Gasteiger charge is -2.34. The average molecular weight is 504 g/mol. The Balaban J connectivity index is 1.30. The second-order valence-electron chi connectivity index (χ2n) is 9.95. The number of fused-ring (bicyclic) bond motifs is 1. The number of benzene rings is 2. The molecule has 0 spiro atoms. The Bertz CT molecular complexity index is 1270. The molecule has 3 aromatic rings. The molecule has 1 fully saturated rings. The van der Waals surface area contributed by atoms with Gasteiger partial charge in [0.1, 0.15) is 18.1 Å². The Hall–Kier alpha value is -3.81. The zero-order valence-electron chi connectivity index (χ0n) is 21.6. The topological polar surface area (TPSA) is 82.9 Å². The van der Waals surface area contributed by atoms with Crippen LogP contribution in [0, 0.1) is 0 Å². The first-order valence-corrected chi connectivity index (χ1v) is 12.9. The van der Waals surface area contributed by atoms with Crippen LogP contribution in [-0.2, 0) is 24.2 Å². The highest BCUT2D eigenvalue weighted by atomic mass is 16.6. The van der Waals surface area contributed by atoms with Crippen LogP contribution in [0.2, 0.25) is 0 Å². The van der Waals surface area contributed by atoms with Gasteiger partial charge in [-0.3, -0.25) is 4.79 Å². The Morgan fingerprint density at radius 1 is 1.08 bits per heavy atom. The quantitative estimate of drug-likeness (QED) is 0.429. The van der Waals surface area contributed by atoms with Crippen molar-refractivity contribution in [2.24, 2.45) is 0 Å². The molecule has 8 nitrogen and oxygen atoms in total. The number of ether oxygens (including phenoxy) is 3. The summed E-state index contributed by atoms with van der Waals surface area (Å²) in [5.41, 5.74) is 3.34. The van der Waals surface area contributed by atoms with Crippen molar-refractivity contribution in [3.8, 4) is 11.5 Å². The number of hydrogen-bond donors (Lipinski definition) is 0. The summed E-state index contributed by atoms with van der Waals surface area (Å²) in [5.74, 6) is 1.16. The van der Waals surface area contributed by atoms with Crippen molar-refractivity contribution in [3.05, 3.63) is 77.1 Å². The second-order valence-corrected chi connectivity index (χ2v) is 9.95. The van der Waals surface area contributed by atoms with Crippen molar-refractivity contribution in [2.75, 3.05) is 7.11 Å². The first-order valence-electron chi connectivity index (χ1n) is 12.9. The van der Waals surface area contributed by atoms with Gasteiger partial charge in [0.2, 0.25) is 0 Å². The molecule has 8 heteroatoms. The molecule has 2 aromatic carbocycles. The van der Waals surface area contributed by atoms with Crippen LogP contribution in [0.1, 0.15) is 60.3 Å². The normalized spacial score (nSPS) is 16.7. The van der Waals surface area contributed by atoms with E-state index < -0.39 is 6.09 Å². The fourth-order valence-corrected chi connectivity index (χ4v) is 4.92. The van der Waals surface area contributed by atoms with Crippen molar-refractivity contribution in [1.82, 2.24) is 14.7 Å². The number of amides is 1. The zero-order chi connectivity index (χ0) is 25.9. The van der Waals surface area contributed by atoms with Gasteiger partial charge >= 0.3 is 6.09 Å². The molecule has 1 unspecified atom stereocenters. The van der Waals surface area contributed by atoms with E-state index in [0.29, 0.717) is 29.9 Å². The highest BCUT2D eigenvalue weighted by Crippen LogP contribution is 2.36. The Labute approximate surface area is 217 Å². The molecule has 194 valence electrons. The van der Waals surface area contributed by atoms with Crippen molar-refractivity contribution in [3.63, 3.8) is 0 Å². The van der Waals surface area contributed by atoms with E-state index in [4.69, 9.17) is 14.2 Å². The van der Waals surface area contributed by atoms with Crippen LogP contribution in [0.4, 0.5) is 4.79 Å². The number of hydrogen-bond acceptors (Lipinski definition) is 6. The molecule has 0 saturated heterocycles. The molecule has 0 bridgehead atoms. The van der Waals surface area contributed by atoms with Crippen molar-refractivity contribution in [1.29, 1.82) is 0 Å². The van der Waals surface area contributed by atoms with Crippen molar-refractivity contribution in [2.45, 2.75) is 70.7 Å². The molecule has 1 saturated carbocycles. The van der Waals surface area contributed by atoms with E-state index in [1.807, 2.05) is 55.1 Å². The van der Waals surface area contributed by atoms with Crippen molar-refractivity contribution < 1.29 is 23.8 Å². The molecule has 37 heavy (non-hydrogen) atoms. The Morgan fingerprint density at radius 3 is 2.57 bits per heavy atom. The first-order chi connectivity index (χ1) is 17.9. The van der Waals surface area contributed by atoms with Crippen LogP contribution in [0.3, 0.4) is 0 Å². The standard InChI is InChI=1S/C29H33N3O5/c1-19(2)37-24-12-13-25(27(16-24)35-3)28(33)32(22-9-10-22)23-11-14-26-21(15-23)17-31(30-26)29(34)36-18-20-7-5-4-6-8-20/h4-8,12-13,16-17,19,22-23H,9-11,14-15,18H2,1-3H3. The predicted octanol–water partition coefficient (Wildman–Crippen LogP) is 5.03. The largest absolute Gasteiger partial charge is 0.496 e. The van der Waals surface area contributed by atoms with Gasteiger partial charge in [-0.25, -0.2) is 4.79 Å². The lowest BCUT2D eigenvalue weighted by molar-refractivity contribution is 0.0639. The number of methoxy groups -OCH3 is 1. The molecule has 1 aromatic heterocycles. The highest BCUT2D eigenvalue weighted by Gasteiger charge is 2.40. The molecule has 0 radical (unpaired) electrons. The SMILES string of the molecule is COc1cc(OC(C)C)ccc1C(=O)N(C1CC1)C1CCc2nn(C(=O)OCc3ccccc3)cc2C1. The van der Waals surface area contributed by atoms with E-state index in [2.05, 4.69) is 5.10 Å². The molecule has 2 aliphatic rings. The molecular formula is C29H33N3O5. The van der Waals surface area contributed by atoms with Gasteiger partial charge in [-0.15, -0.1) is 0 Å². The van der Waals surface area contributed by atoms with Gasteiger partial charge in [0.25, 0.3) is 5.91 Å². The summed E-state index contributed by atoms with van der Waals surface area (Å²) < 4.78 is 18.1. The maximum atomic E-state index is 13.8. The third-order valence-corrected chi connectivity index (χ3v) is 6.78. The fourth-order valence-electron chi connectivity index (χ4n) is 4.92. The average Bonchev–Trinajstić information content (AvgIpc) is 3.64. The number of rotatable bonds is 8. The van der Waals surface area contributed by atoms with Crippen LogP contribution >= 0.6 is 0 Å². The molecule has 1 atom stereocenters. The number of aromatic nitrogens is 2. The van der Waals surface area contributed by atoms with E-state index in [9.17, 15) is 9.59 Å². The van der Waals surface area contributed by atoms with Gasteiger partial charge in [-0.05, 0) is 69.2 Å². The third kappa shape index (κ3) is 5.63. The highest BCUT2D eigenvalue weighted by molar-refractivity contribution is 5.97. The van der Waals surface area contributed by atoms with Crippen LogP contribution < -0.4 is 9.47 Å². The minimum absolute atomic E-state index is 0.0291. The fraction of sp³-hybridized carbons (Fsp3) is 0.414. The molecular weight excluding hydrogens is 470 g/mol. The Kier molecular flexibility index (Phi) is 7.17. The summed E-state index contributed by atoms with van der Waals surface area (Å²) in [7, 11) is 1.57. The van der Waals surface area contributed by atoms with E-state index in [1.54, 1.807) is 25.4 Å². The van der Waals surface area contributed by atoms with Gasteiger partial charge in [0, 0.05) is 24.3 Å². The number of aryl methyl sites for hydroxylation is 1. The minimum atomic E-state index is -0.502. The minimum Gasteiger partial charge on any atom is -0.496 e. The van der Waals surface area contributed by atoms with Gasteiger partial charge in [0.05, 0.1) is 24.5 Å². The summed E-state index contributed by atoms with van der Waals surface area (Å²) in [6.45, 7) is 4.12. The lowest BCUT2D eigenvalue weighted by atomic mass is 9.91. The van der Waals surface area contributed by atoms with E-state index in [1.165, 1.54) is 4.68 Å². The van der Waals surface area contributed by atoms with Crippen LogP contribution in [0.25, 0.3) is 0 Å². The molecule has 2 aliphatic carbocycles. The maximum absolute atomic E-state index is 13.8. The summed E-state index contributed by atoms with van der Waals surface area (Å²) >= 11 is 0. The number of nitrogens with zero attached hydrogens (tertiary/aromatic N) is 3. The smallest absolute Gasteiger partial charge is 0.435 e. The van der Waals surface area contributed by atoms with Crippen LogP contribution in [0.15, 0.2) is 54.7 Å². The third-order valence-electron chi connectivity index (χ3n) is 6.78. The summed E-state index contributed by atoms with van der Waals surface area (Å²) in [4.78, 5) is 28.4. The molecule has 1 heterocycles. The zero-order valence-corrected chi connectivity index (χ0v) is 21.6. The lowest BCUT2D eigenvalue weighted by Crippen LogP contribution is -2.45. The van der Waals surface area contributed by atoms with E-state index in [-0.39, 0.29) is 30.7 Å². The molecule has 0 N–H and O–H groups in total. The van der Waals surface area contributed by atoms with E-state index >= 15 is 0 Å². The van der Waals surface area contributed by atoms with Gasteiger partial charge in [0.15, 0.2) is 0 Å². The van der Waals surface area contributed by atoms with Crippen LogP contribution in [-0.4, -0.2) is 52.0 Å². The monoisotopic (exact) mass is 503 g/mol. The second kappa shape index (κ2) is 10.7. The van der Waals surface area contributed by atoms with E-state index in [0.717, 1.165) is 36.1 Å². The van der Waals surface area contributed by atoms with Crippen molar-refractivity contribution >= 4 is 12.0 Å². The maximum Gasteiger partial charge on any atom is 0.435 e. The van der Waals surface area contributed by atoms with Crippen LogP contribution in [0.5, 0.6) is 11.5 Å². The predicted molar refractivity (Wildman–Crippen MR) is 138 cm³/mol. The Morgan fingerprint density at radius 2 is 1.86 bits per heavy atom. The number of carbonyl (C=O) groups is 2. The first kappa shape index (κ1) is 24.9. The van der Waals surface area contributed by atoms with Gasteiger partial charge < -0.3 is 19.1 Å². The summed E-state index contributed by atoms with van der Waals surface area (Å²) in [6.07, 6.45) is 5.42. The van der Waals surface area contributed by atoms with Gasteiger partial charge in [-0.2, -0.15) is 9.78 Å². The number of carbonyl (C=O) groups excluding carboxylic acids is 2. The molecule has 1 amide bonds. The summed E-state index contributed by atoms with van der Waals surface area (Å²) in [6, 6.07) is 15.2. The van der Waals surface area contributed by atoms with Gasteiger partial charge in [-0.1, -0.05) is 30.3 Å². The summed E-state index contributed by atoms with van der Waals surface area (Å²) in [5, 5.41) is 4.49. The molecule has 0 aliphatic heterocycles. The molecule has 5 rings (SSSR count).